The van der Waals surface area contributed by atoms with Gasteiger partial charge in [-0.2, -0.15) is 0 Å². The first-order chi connectivity index (χ1) is 12.4. The minimum atomic E-state index is -0.377. The van der Waals surface area contributed by atoms with Gasteiger partial charge in [-0.3, -0.25) is 4.90 Å². The lowest BCUT2D eigenvalue weighted by Crippen LogP contribution is -2.31. The van der Waals surface area contributed by atoms with Crippen LogP contribution in [0.25, 0.3) is 0 Å². The Kier molecular flexibility index (Phi) is 5.11. The molecule has 1 saturated heterocycles. The standard InChI is InChI=1S/C18H22N4O4/c1-12(2)16-10-14(20-26-16)11-21(3)17(23)19-13-5-4-6-15(9-13)22-7-8-25-18(22)24/h4-6,9-10,12H,7-8,11H2,1-3H3,(H,19,23). The molecule has 2 heterocycles. The summed E-state index contributed by atoms with van der Waals surface area (Å²) >= 11 is 0. The van der Waals surface area contributed by atoms with E-state index < -0.39 is 0 Å². The molecule has 0 bridgehead atoms. The van der Waals surface area contributed by atoms with Gasteiger partial charge < -0.3 is 19.5 Å². The average Bonchev–Trinajstić information content (AvgIpc) is 3.24. The van der Waals surface area contributed by atoms with Crippen LogP contribution in [0.15, 0.2) is 34.9 Å². The highest BCUT2D eigenvalue weighted by atomic mass is 16.6. The fraction of sp³-hybridized carbons (Fsp3) is 0.389. The number of nitrogens with one attached hydrogen (secondary N) is 1. The van der Waals surface area contributed by atoms with E-state index in [-0.39, 0.29) is 18.0 Å². The summed E-state index contributed by atoms with van der Waals surface area (Å²) in [5, 5.41) is 6.81. The molecule has 0 atom stereocenters. The Morgan fingerprint density at radius 3 is 2.85 bits per heavy atom. The highest BCUT2D eigenvalue weighted by Crippen LogP contribution is 2.23. The Balaban J connectivity index is 1.62. The smallest absolute Gasteiger partial charge is 0.414 e. The summed E-state index contributed by atoms with van der Waals surface area (Å²) in [5.41, 5.74) is 1.98. The number of ether oxygens (including phenoxy) is 1. The third-order valence-corrected chi connectivity index (χ3v) is 4.06. The first-order valence-electron chi connectivity index (χ1n) is 8.46. The van der Waals surface area contributed by atoms with E-state index >= 15 is 0 Å². The van der Waals surface area contributed by atoms with E-state index in [1.807, 2.05) is 19.9 Å². The Hall–Kier alpha value is -3.03. The van der Waals surface area contributed by atoms with Crippen LogP contribution >= 0.6 is 0 Å². The second-order valence-corrected chi connectivity index (χ2v) is 6.48. The number of amides is 3. The van der Waals surface area contributed by atoms with E-state index in [9.17, 15) is 9.59 Å². The van der Waals surface area contributed by atoms with Crippen molar-refractivity contribution in [2.45, 2.75) is 26.3 Å². The van der Waals surface area contributed by atoms with E-state index in [0.717, 1.165) is 5.76 Å². The molecule has 0 unspecified atom stereocenters. The number of cyclic esters (lactones) is 1. The molecular formula is C18H22N4O4. The normalized spacial score (nSPS) is 13.8. The van der Waals surface area contributed by atoms with Crippen molar-refractivity contribution in [3.05, 3.63) is 41.8 Å². The van der Waals surface area contributed by atoms with Crippen molar-refractivity contribution < 1.29 is 18.8 Å². The van der Waals surface area contributed by atoms with E-state index in [0.29, 0.717) is 36.8 Å². The Morgan fingerprint density at radius 1 is 1.38 bits per heavy atom. The highest BCUT2D eigenvalue weighted by Gasteiger charge is 2.23. The van der Waals surface area contributed by atoms with Gasteiger partial charge in [0.1, 0.15) is 18.1 Å². The van der Waals surface area contributed by atoms with Crippen LogP contribution in [0.2, 0.25) is 0 Å². The third kappa shape index (κ3) is 3.96. The summed E-state index contributed by atoms with van der Waals surface area (Å²) < 4.78 is 10.2. The number of benzene rings is 1. The molecule has 0 spiro atoms. The molecule has 8 nitrogen and oxygen atoms in total. The number of aromatic nitrogens is 1. The molecule has 1 aliphatic rings. The minimum Gasteiger partial charge on any atom is -0.447 e. The quantitative estimate of drug-likeness (QED) is 0.885. The van der Waals surface area contributed by atoms with Gasteiger partial charge in [-0.15, -0.1) is 0 Å². The zero-order valence-corrected chi connectivity index (χ0v) is 15.1. The van der Waals surface area contributed by atoms with Crippen molar-refractivity contribution >= 4 is 23.5 Å². The van der Waals surface area contributed by atoms with Gasteiger partial charge >= 0.3 is 12.1 Å². The molecule has 8 heteroatoms. The van der Waals surface area contributed by atoms with Gasteiger partial charge in [-0.05, 0) is 18.2 Å². The van der Waals surface area contributed by atoms with Crippen molar-refractivity contribution in [3.8, 4) is 0 Å². The number of hydrogen-bond acceptors (Lipinski definition) is 5. The summed E-state index contributed by atoms with van der Waals surface area (Å²) in [6.07, 6.45) is -0.377. The summed E-state index contributed by atoms with van der Waals surface area (Å²) in [7, 11) is 1.68. The van der Waals surface area contributed by atoms with E-state index in [1.165, 1.54) is 9.80 Å². The zero-order chi connectivity index (χ0) is 18.7. The second kappa shape index (κ2) is 7.47. The molecule has 26 heavy (non-hydrogen) atoms. The van der Waals surface area contributed by atoms with Crippen molar-refractivity contribution in [2.24, 2.45) is 0 Å². The molecule has 1 aromatic heterocycles. The van der Waals surface area contributed by atoms with Crippen molar-refractivity contribution in [3.63, 3.8) is 0 Å². The number of rotatable bonds is 5. The molecule has 138 valence electrons. The molecule has 3 amide bonds. The molecular weight excluding hydrogens is 336 g/mol. The van der Waals surface area contributed by atoms with Crippen LogP contribution in [0.1, 0.15) is 31.2 Å². The van der Waals surface area contributed by atoms with Gasteiger partial charge in [-0.1, -0.05) is 25.1 Å². The summed E-state index contributed by atoms with van der Waals surface area (Å²) in [4.78, 5) is 27.1. The largest absolute Gasteiger partial charge is 0.447 e. The van der Waals surface area contributed by atoms with Crippen molar-refractivity contribution in [2.75, 3.05) is 30.4 Å². The number of hydrogen-bond donors (Lipinski definition) is 1. The summed E-state index contributed by atoms with van der Waals surface area (Å²) in [6.45, 7) is 5.24. The fourth-order valence-corrected chi connectivity index (χ4v) is 2.59. The Labute approximate surface area is 151 Å². The molecule has 0 radical (unpaired) electrons. The molecule has 1 aromatic carbocycles. The highest BCUT2D eigenvalue weighted by molar-refractivity contribution is 5.93. The van der Waals surface area contributed by atoms with Gasteiger partial charge in [0.15, 0.2) is 0 Å². The molecule has 3 rings (SSSR count). The molecule has 1 fully saturated rings. The topological polar surface area (TPSA) is 87.9 Å². The van der Waals surface area contributed by atoms with E-state index in [1.54, 1.807) is 31.3 Å². The lowest BCUT2D eigenvalue weighted by atomic mass is 10.1. The maximum absolute atomic E-state index is 12.4. The second-order valence-electron chi connectivity index (χ2n) is 6.48. The van der Waals surface area contributed by atoms with Crippen LogP contribution in [0.3, 0.4) is 0 Å². The lowest BCUT2D eigenvalue weighted by Gasteiger charge is -2.18. The molecule has 2 aromatic rings. The van der Waals surface area contributed by atoms with Gasteiger partial charge in [0.25, 0.3) is 0 Å². The first kappa shape index (κ1) is 17.8. The average molecular weight is 358 g/mol. The van der Waals surface area contributed by atoms with Gasteiger partial charge in [0, 0.05) is 30.4 Å². The monoisotopic (exact) mass is 358 g/mol. The number of carbonyl (C=O) groups excluding carboxylic acids is 2. The Bertz CT molecular complexity index is 802. The summed E-state index contributed by atoms with van der Waals surface area (Å²) in [6, 6.07) is 8.67. The predicted octanol–water partition coefficient (Wildman–Crippen LogP) is 3.42. The zero-order valence-electron chi connectivity index (χ0n) is 15.1. The molecule has 0 saturated carbocycles. The minimum absolute atomic E-state index is 0.246. The maximum atomic E-state index is 12.4. The van der Waals surface area contributed by atoms with Crippen LogP contribution in [-0.4, -0.2) is 42.4 Å². The number of anilines is 2. The SMILES string of the molecule is CC(C)c1cc(CN(C)C(=O)Nc2cccc(N3CCOC3=O)c2)no1. The van der Waals surface area contributed by atoms with Crippen LogP contribution < -0.4 is 10.2 Å². The van der Waals surface area contributed by atoms with Crippen LogP contribution in [0, 0.1) is 0 Å². The summed E-state index contributed by atoms with van der Waals surface area (Å²) in [5.74, 6) is 1.04. The lowest BCUT2D eigenvalue weighted by molar-refractivity contribution is 0.181. The Morgan fingerprint density at radius 2 is 2.19 bits per heavy atom. The van der Waals surface area contributed by atoms with Crippen LogP contribution in [0.4, 0.5) is 21.0 Å². The number of nitrogens with zero attached hydrogens (tertiary/aromatic N) is 3. The molecule has 0 aliphatic carbocycles. The number of carbonyl (C=O) groups is 2. The van der Waals surface area contributed by atoms with Gasteiger partial charge in [0.05, 0.1) is 13.1 Å². The number of urea groups is 1. The van der Waals surface area contributed by atoms with Gasteiger partial charge in [0.2, 0.25) is 0 Å². The van der Waals surface area contributed by atoms with Crippen molar-refractivity contribution in [1.82, 2.24) is 10.1 Å². The molecule has 1 aliphatic heterocycles. The van der Waals surface area contributed by atoms with E-state index in [2.05, 4.69) is 10.5 Å². The molecule has 1 N–H and O–H groups in total. The predicted molar refractivity (Wildman–Crippen MR) is 96.2 cm³/mol. The van der Waals surface area contributed by atoms with Gasteiger partial charge in [-0.25, -0.2) is 9.59 Å². The van der Waals surface area contributed by atoms with Crippen LogP contribution in [-0.2, 0) is 11.3 Å². The van der Waals surface area contributed by atoms with E-state index in [4.69, 9.17) is 9.26 Å². The fourth-order valence-electron chi connectivity index (χ4n) is 2.59. The third-order valence-electron chi connectivity index (χ3n) is 4.06. The maximum Gasteiger partial charge on any atom is 0.414 e. The van der Waals surface area contributed by atoms with Crippen molar-refractivity contribution in [1.29, 1.82) is 0 Å². The van der Waals surface area contributed by atoms with Crippen LogP contribution in [0.5, 0.6) is 0 Å². The first-order valence-corrected chi connectivity index (χ1v) is 8.46.